The number of anilines is 1. The van der Waals surface area contributed by atoms with Gasteiger partial charge in [0, 0.05) is 33.3 Å². The summed E-state index contributed by atoms with van der Waals surface area (Å²) < 4.78 is 1.90. The number of hydrogen-bond acceptors (Lipinski definition) is 5. The molecule has 0 aliphatic heterocycles. The lowest BCUT2D eigenvalue weighted by Gasteiger charge is -2.20. The SMILES string of the molecule is CCN(Cc1ccccc1)C(=O)c1nc(-c2cnc(N(C)C(C)=O)s2)n2ccccc12. The molecule has 0 aliphatic rings. The van der Waals surface area contributed by atoms with Gasteiger partial charge in [-0.2, -0.15) is 0 Å². The number of carbonyl (C=O) groups is 2. The van der Waals surface area contributed by atoms with Gasteiger partial charge in [0.15, 0.2) is 16.6 Å². The molecule has 0 spiro atoms. The maximum atomic E-state index is 13.4. The Kier molecular flexibility index (Phi) is 5.81. The number of carbonyl (C=O) groups excluding carboxylic acids is 2. The second kappa shape index (κ2) is 8.69. The second-order valence-corrected chi connectivity index (χ2v) is 8.14. The lowest BCUT2D eigenvalue weighted by molar-refractivity contribution is -0.116. The first-order valence-corrected chi connectivity index (χ1v) is 10.8. The number of nitrogens with zero attached hydrogens (tertiary/aromatic N) is 5. The van der Waals surface area contributed by atoms with E-state index in [9.17, 15) is 9.59 Å². The van der Waals surface area contributed by atoms with Crippen LogP contribution < -0.4 is 4.90 Å². The average Bonchev–Trinajstić information content (AvgIpc) is 3.42. The van der Waals surface area contributed by atoms with Crippen molar-refractivity contribution in [3.63, 3.8) is 0 Å². The molecular formula is C23H23N5O2S. The van der Waals surface area contributed by atoms with E-state index < -0.39 is 0 Å². The third kappa shape index (κ3) is 4.06. The maximum Gasteiger partial charge on any atom is 0.275 e. The topological polar surface area (TPSA) is 70.8 Å². The Bertz CT molecular complexity index is 1230. The molecule has 0 fully saturated rings. The Morgan fingerprint density at radius 3 is 2.55 bits per heavy atom. The molecule has 2 amide bonds. The molecule has 7 nitrogen and oxygen atoms in total. The molecule has 0 radical (unpaired) electrons. The molecule has 8 heteroatoms. The van der Waals surface area contributed by atoms with Crippen LogP contribution in [0.15, 0.2) is 60.9 Å². The molecule has 158 valence electrons. The Morgan fingerprint density at radius 2 is 1.84 bits per heavy atom. The van der Waals surface area contributed by atoms with E-state index in [1.165, 1.54) is 23.2 Å². The average molecular weight is 434 g/mol. The third-order valence-corrected chi connectivity index (χ3v) is 6.18. The summed E-state index contributed by atoms with van der Waals surface area (Å²) in [6, 6.07) is 15.6. The lowest BCUT2D eigenvalue weighted by Crippen LogP contribution is -2.30. The number of fused-ring (bicyclic) bond motifs is 1. The zero-order chi connectivity index (χ0) is 22.0. The molecule has 1 aromatic carbocycles. The highest BCUT2D eigenvalue weighted by atomic mass is 32.1. The second-order valence-electron chi connectivity index (χ2n) is 7.13. The van der Waals surface area contributed by atoms with Crippen LogP contribution in [0.2, 0.25) is 0 Å². The van der Waals surface area contributed by atoms with Crippen molar-refractivity contribution in [3.8, 4) is 10.7 Å². The predicted molar refractivity (Wildman–Crippen MR) is 122 cm³/mol. The maximum absolute atomic E-state index is 13.4. The van der Waals surface area contributed by atoms with Crippen LogP contribution in [-0.2, 0) is 11.3 Å². The molecule has 3 aromatic heterocycles. The molecule has 0 unspecified atom stereocenters. The Hall–Kier alpha value is -3.52. The minimum Gasteiger partial charge on any atom is -0.333 e. The first kappa shape index (κ1) is 20.7. The van der Waals surface area contributed by atoms with E-state index in [1.807, 2.05) is 66.1 Å². The van der Waals surface area contributed by atoms with Crippen molar-refractivity contribution in [2.24, 2.45) is 0 Å². The van der Waals surface area contributed by atoms with E-state index in [4.69, 9.17) is 4.98 Å². The summed E-state index contributed by atoms with van der Waals surface area (Å²) in [6.45, 7) is 4.55. The highest BCUT2D eigenvalue weighted by Crippen LogP contribution is 2.32. The third-order valence-electron chi connectivity index (χ3n) is 5.11. The molecule has 0 bridgehead atoms. The largest absolute Gasteiger partial charge is 0.333 e. The van der Waals surface area contributed by atoms with E-state index >= 15 is 0 Å². The molecule has 4 rings (SSSR count). The van der Waals surface area contributed by atoms with Gasteiger partial charge in [-0.25, -0.2) is 9.97 Å². The van der Waals surface area contributed by atoms with Gasteiger partial charge in [0.1, 0.15) is 0 Å². The normalized spacial score (nSPS) is 10.9. The van der Waals surface area contributed by atoms with Crippen LogP contribution in [0, 0.1) is 0 Å². The minimum absolute atomic E-state index is 0.0933. The monoisotopic (exact) mass is 433 g/mol. The molecule has 31 heavy (non-hydrogen) atoms. The fourth-order valence-electron chi connectivity index (χ4n) is 3.31. The summed E-state index contributed by atoms with van der Waals surface area (Å²) in [7, 11) is 1.69. The van der Waals surface area contributed by atoms with Crippen molar-refractivity contribution < 1.29 is 9.59 Å². The summed E-state index contributed by atoms with van der Waals surface area (Å²) in [5, 5.41) is 0.585. The molecule has 0 saturated carbocycles. The van der Waals surface area contributed by atoms with Crippen LogP contribution >= 0.6 is 11.3 Å². The lowest BCUT2D eigenvalue weighted by atomic mass is 10.2. The predicted octanol–water partition coefficient (Wildman–Crippen LogP) is 4.10. The number of rotatable bonds is 6. The van der Waals surface area contributed by atoms with Gasteiger partial charge in [0.05, 0.1) is 16.6 Å². The smallest absolute Gasteiger partial charge is 0.275 e. The van der Waals surface area contributed by atoms with Crippen LogP contribution in [-0.4, -0.2) is 44.7 Å². The van der Waals surface area contributed by atoms with Gasteiger partial charge in [-0.1, -0.05) is 47.7 Å². The van der Waals surface area contributed by atoms with Crippen molar-refractivity contribution in [1.29, 1.82) is 0 Å². The molecule has 0 saturated heterocycles. The first-order chi connectivity index (χ1) is 15.0. The molecule has 4 aromatic rings. The van der Waals surface area contributed by atoms with E-state index in [0.29, 0.717) is 29.7 Å². The number of aromatic nitrogens is 3. The van der Waals surface area contributed by atoms with E-state index in [1.54, 1.807) is 18.1 Å². The van der Waals surface area contributed by atoms with Crippen molar-refractivity contribution in [2.75, 3.05) is 18.5 Å². The van der Waals surface area contributed by atoms with Crippen molar-refractivity contribution in [1.82, 2.24) is 19.3 Å². The van der Waals surface area contributed by atoms with Crippen molar-refractivity contribution in [3.05, 3.63) is 72.2 Å². The van der Waals surface area contributed by atoms with Gasteiger partial charge in [0.2, 0.25) is 5.91 Å². The quantitative estimate of drug-likeness (QED) is 0.459. The molecule has 0 N–H and O–H groups in total. The number of thiazole rings is 1. The Labute approximate surface area is 184 Å². The zero-order valence-corrected chi connectivity index (χ0v) is 18.5. The minimum atomic E-state index is -0.119. The van der Waals surface area contributed by atoms with E-state index in [-0.39, 0.29) is 11.8 Å². The molecule has 3 heterocycles. The number of imidazole rings is 1. The van der Waals surface area contributed by atoms with Gasteiger partial charge in [-0.3, -0.25) is 18.9 Å². The van der Waals surface area contributed by atoms with E-state index in [2.05, 4.69) is 4.98 Å². The van der Waals surface area contributed by atoms with E-state index in [0.717, 1.165) is 16.0 Å². The number of pyridine rings is 1. The fourth-order valence-corrected chi connectivity index (χ4v) is 4.22. The summed E-state index contributed by atoms with van der Waals surface area (Å²) in [4.78, 5) is 38.3. The van der Waals surface area contributed by atoms with Crippen molar-refractivity contribution >= 4 is 33.8 Å². The zero-order valence-electron chi connectivity index (χ0n) is 17.6. The van der Waals surface area contributed by atoms with Crippen LogP contribution in [0.3, 0.4) is 0 Å². The van der Waals surface area contributed by atoms with Gasteiger partial charge < -0.3 is 4.90 Å². The van der Waals surface area contributed by atoms with Gasteiger partial charge in [-0.15, -0.1) is 0 Å². The highest BCUT2D eigenvalue weighted by Gasteiger charge is 2.24. The van der Waals surface area contributed by atoms with Crippen LogP contribution in [0.5, 0.6) is 0 Å². The summed E-state index contributed by atoms with van der Waals surface area (Å²) in [6.07, 6.45) is 3.58. The molecular weight excluding hydrogens is 410 g/mol. The standard InChI is InChI=1S/C23H23N5O2S/c1-4-27(15-17-10-6-5-7-11-17)22(30)20-18-12-8-9-13-28(18)21(25-20)19-14-24-23(31-19)26(3)16(2)29/h5-14H,4,15H2,1-3H3. The Balaban J connectivity index is 1.73. The van der Waals surface area contributed by atoms with Gasteiger partial charge in [0.25, 0.3) is 5.91 Å². The summed E-state index contributed by atoms with van der Waals surface area (Å²) >= 11 is 1.36. The Morgan fingerprint density at radius 1 is 1.10 bits per heavy atom. The van der Waals surface area contributed by atoms with Gasteiger partial charge in [-0.05, 0) is 24.6 Å². The van der Waals surface area contributed by atoms with Crippen LogP contribution in [0.1, 0.15) is 29.9 Å². The number of benzene rings is 1. The fraction of sp³-hybridized carbons (Fsp3) is 0.217. The number of hydrogen-bond donors (Lipinski definition) is 0. The summed E-state index contributed by atoms with van der Waals surface area (Å²) in [5.74, 6) is 0.423. The van der Waals surface area contributed by atoms with Crippen LogP contribution in [0.4, 0.5) is 5.13 Å². The van der Waals surface area contributed by atoms with Gasteiger partial charge >= 0.3 is 0 Å². The first-order valence-electron chi connectivity index (χ1n) is 10.0. The van der Waals surface area contributed by atoms with Crippen molar-refractivity contribution in [2.45, 2.75) is 20.4 Å². The van der Waals surface area contributed by atoms with Crippen LogP contribution in [0.25, 0.3) is 16.2 Å². The summed E-state index contributed by atoms with van der Waals surface area (Å²) in [5.41, 5.74) is 2.22. The molecule has 0 atom stereocenters. The molecule has 0 aliphatic carbocycles. The number of amides is 2. The highest BCUT2D eigenvalue weighted by molar-refractivity contribution is 7.19.